The first-order chi connectivity index (χ1) is 10.1. The van der Waals surface area contributed by atoms with Gasteiger partial charge in [0.1, 0.15) is 0 Å². The van der Waals surface area contributed by atoms with Gasteiger partial charge in [0.2, 0.25) is 0 Å². The number of rotatable bonds is 2. The maximum Gasteiger partial charge on any atom is 0.471 e. The van der Waals surface area contributed by atoms with Gasteiger partial charge in [0, 0.05) is 25.2 Å². The molecule has 1 fully saturated rings. The molecule has 2 rings (SSSR count). The molecule has 120 valence electrons. The SMILES string of the molecule is CC1(c2ccc([N+](=O)[O-])cc2)CCN(C(=O)C(F)(F)F)CC1. The number of nitrogens with zero attached hydrogens (tertiary/aromatic N) is 2. The number of piperidine rings is 1. The van der Waals surface area contributed by atoms with Crippen molar-refractivity contribution in [2.75, 3.05) is 13.1 Å². The Hall–Kier alpha value is -2.12. The van der Waals surface area contributed by atoms with Crippen LogP contribution in [0.15, 0.2) is 24.3 Å². The van der Waals surface area contributed by atoms with E-state index in [1.165, 1.54) is 12.1 Å². The van der Waals surface area contributed by atoms with Gasteiger partial charge in [-0.1, -0.05) is 19.1 Å². The Bertz CT molecular complexity index is 576. The predicted molar refractivity (Wildman–Crippen MR) is 72.3 cm³/mol. The van der Waals surface area contributed by atoms with Crippen molar-refractivity contribution in [2.45, 2.75) is 31.4 Å². The summed E-state index contributed by atoms with van der Waals surface area (Å²) in [7, 11) is 0. The number of halogens is 3. The Morgan fingerprint density at radius 2 is 1.73 bits per heavy atom. The van der Waals surface area contributed by atoms with Gasteiger partial charge in [-0.3, -0.25) is 14.9 Å². The molecule has 0 bridgehead atoms. The van der Waals surface area contributed by atoms with Crippen molar-refractivity contribution in [2.24, 2.45) is 0 Å². The fourth-order valence-corrected chi connectivity index (χ4v) is 2.66. The molecule has 1 aromatic rings. The number of benzene rings is 1. The lowest BCUT2D eigenvalue weighted by molar-refractivity contribution is -0.384. The summed E-state index contributed by atoms with van der Waals surface area (Å²) < 4.78 is 37.2. The van der Waals surface area contributed by atoms with Gasteiger partial charge in [-0.25, -0.2) is 0 Å². The molecule has 5 nitrogen and oxygen atoms in total. The van der Waals surface area contributed by atoms with Crippen LogP contribution in [-0.2, 0) is 10.2 Å². The molecule has 0 unspecified atom stereocenters. The zero-order valence-corrected chi connectivity index (χ0v) is 11.9. The summed E-state index contributed by atoms with van der Waals surface area (Å²) >= 11 is 0. The highest BCUT2D eigenvalue weighted by atomic mass is 19.4. The number of hydrogen-bond acceptors (Lipinski definition) is 3. The van der Waals surface area contributed by atoms with Crippen molar-refractivity contribution in [1.29, 1.82) is 0 Å². The molecular weight excluding hydrogens is 301 g/mol. The van der Waals surface area contributed by atoms with E-state index in [4.69, 9.17) is 0 Å². The number of amides is 1. The van der Waals surface area contributed by atoms with Crippen molar-refractivity contribution in [1.82, 2.24) is 4.90 Å². The molecular formula is C14H15F3N2O3. The van der Waals surface area contributed by atoms with Gasteiger partial charge in [0.25, 0.3) is 5.69 Å². The van der Waals surface area contributed by atoms with E-state index in [2.05, 4.69) is 0 Å². The summed E-state index contributed by atoms with van der Waals surface area (Å²) in [5.41, 5.74) is 0.409. The summed E-state index contributed by atoms with van der Waals surface area (Å²) in [6.07, 6.45) is -4.08. The zero-order chi connectivity index (χ0) is 16.5. The van der Waals surface area contributed by atoms with Crippen LogP contribution in [0.4, 0.5) is 18.9 Å². The molecule has 1 heterocycles. The molecule has 22 heavy (non-hydrogen) atoms. The molecule has 1 aliphatic heterocycles. The van der Waals surface area contributed by atoms with Crippen LogP contribution in [0.25, 0.3) is 0 Å². The fraction of sp³-hybridized carbons (Fsp3) is 0.500. The van der Waals surface area contributed by atoms with Crippen LogP contribution in [0.2, 0.25) is 0 Å². The van der Waals surface area contributed by atoms with E-state index < -0.39 is 22.4 Å². The largest absolute Gasteiger partial charge is 0.471 e. The van der Waals surface area contributed by atoms with Crippen molar-refractivity contribution in [3.8, 4) is 0 Å². The van der Waals surface area contributed by atoms with Gasteiger partial charge >= 0.3 is 12.1 Å². The molecule has 1 amide bonds. The maximum atomic E-state index is 12.4. The number of carbonyl (C=O) groups excluding carboxylic acids is 1. The molecule has 0 aromatic heterocycles. The topological polar surface area (TPSA) is 63.5 Å². The number of likely N-dealkylation sites (tertiary alicyclic amines) is 1. The third-order valence-corrected chi connectivity index (χ3v) is 4.17. The van der Waals surface area contributed by atoms with E-state index in [0.717, 1.165) is 10.5 Å². The highest BCUT2D eigenvalue weighted by molar-refractivity contribution is 5.82. The number of alkyl halides is 3. The third kappa shape index (κ3) is 3.20. The maximum absolute atomic E-state index is 12.4. The number of carbonyl (C=O) groups is 1. The first kappa shape index (κ1) is 16.3. The minimum atomic E-state index is -4.85. The highest BCUT2D eigenvalue weighted by Crippen LogP contribution is 2.36. The standard InChI is InChI=1S/C14H15F3N2O3/c1-13(10-2-4-11(5-3-10)19(21)22)6-8-18(9-7-13)12(20)14(15,16)17/h2-5H,6-9H2,1H3. The molecule has 0 spiro atoms. The smallest absolute Gasteiger partial charge is 0.335 e. The molecule has 1 aliphatic rings. The molecule has 1 aromatic carbocycles. The Morgan fingerprint density at radius 3 is 2.14 bits per heavy atom. The Morgan fingerprint density at radius 1 is 1.23 bits per heavy atom. The highest BCUT2D eigenvalue weighted by Gasteiger charge is 2.44. The first-order valence-corrected chi connectivity index (χ1v) is 6.74. The van der Waals surface area contributed by atoms with Gasteiger partial charge in [0.15, 0.2) is 0 Å². The lowest BCUT2D eigenvalue weighted by atomic mass is 9.74. The fourth-order valence-electron chi connectivity index (χ4n) is 2.66. The van der Waals surface area contributed by atoms with E-state index in [-0.39, 0.29) is 18.8 Å². The predicted octanol–water partition coefficient (Wildman–Crippen LogP) is 3.04. The molecule has 0 radical (unpaired) electrons. The number of non-ortho nitro benzene ring substituents is 1. The van der Waals surface area contributed by atoms with Crippen LogP contribution in [0, 0.1) is 10.1 Å². The number of nitro groups is 1. The van der Waals surface area contributed by atoms with Crippen molar-refractivity contribution < 1.29 is 22.9 Å². The average molecular weight is 316 g/mol. The molecule has 0 atom stereocenters. The lowest BCUT2D eigenvalue weighted by Gasteiger charge is -2.40. The second kappa shape index (κ2) is 5.58. The molecule has 0 saturated carbocycles. The minimum absolute atomic E-state index is 0.0197. The minimum Gasteiger partial charge on any atom is -0.335 e. The second-order valence-corrected chi connectivity index (χ2v) is 5.65. The Kier molecular flexibility index (Phi) is 4.12. The monoisotopic (exact) mass is 316 g/mol. The normalized spacial score (nSPS) is 18.1. The molecule has 1 saturated heterocycles. The summed E-state index contributed by atoms with van der Waals surface area (Å²) in [5, 5.41) is 10.6. The van der Waals surface area contributed by atoms with Gasteiger partial charge < -0.3 is 4.90 Å². The number of nitro benzene ring substituents is 1. The third-order valence-electron chi connectivity index (χ3n) is 4.17. The van der Waals surface area contributed by atoms with Crippen molar-refractivity contribution in [3.05, 3.63) is 39.9 Å². The molecule has 0 N–H and O–H groups in total. The lowest BCUT2D eigenvalue weighted by Crippen LogP contribution is -2.48. The van der Waals surface area contributed by atoms with Gasteiger partial charge in [-0.15, -0.1) is 0 Å². The summed E-state index contributed by atoms with van der Waals surface area (Å²) in [4.78, 5) is 22.2. The van der Waals surface area contributed by atoms with Crippen LogP contribution < -0.4 is 0 Å². The first-order valence-electron chi connectivity index (χ1n) is 6.74. The Balaban J connectivity index is 2.08. The van der Waals surface area contributed by atoms with Crippen LogP contribution in [-0.4, -0.2) is 35.0 Å². The van der Waals surface area contributed by atoms with E-state index in [1.807, 2.05) is 6.92 Å². The number of hydrogen-bond donors (Lipinski definition) is 0. The van der Waals surface area contributed by atoms with Gasteiger partial charge in [0.05, 0.1) is 4.92 Å². The van der Waals surface area contributed by atoms with Gasteiger partial charge in [-0.05, 0) is 23.8 Å². The molecule has 0 aliphatic carbocycles. The Labute approximate surface area is 124 Å². The summed E-state index contributed by atoms with van der Waals surface area (Å²) in [6.45, 7) is 1.93. The van der Waals surface area contributed by atoms with E-state index >= 15 is 0 Å². The molecule has 8 heteroatoms. The zero-order valence-electron chi connectivity index (χ0n) is 11.9. The van der Waals surface area contributed by atoms with Crippen molar-refractivity contribution in [3.63, 3.8) is 0 Å². The van der Waals surface area contributed by atoms with Crippen LogP contribution >= 0.6 is 0 Å². The van der Waals surface area contributed by atoms with Crippen LogP contribution in [0.3, 0.4) is 0 Å². The van der Waals surface area contributed by atoms with Crippen LogP contribution in [0.5, 0.6) is 0 Å². The van der Waals surface area contributed by atoms with Crippen LogP contribution in [0.1, 0.15) is 25.3 Å². The quantitative estimate of drug-likeness (QED) is 0.622. The average Bonchev–Trinajstić information content (AvgIpc) is 2.46. The second-order valence-electron chi connectivity index (χ2n) is 5.65. The summed E-state index contributed by atoms with van der Waals surface area (Å²) in [6, 6.07) is 6.01. The van der Waals surface area contributed by atoms with Gasteiger partial charge in [-0.2, -0.15) is 13.2 Å². The van der Waals surface area contributed by atoms with E-state index in [1.54, 1.807) is 12.1 Å². The van der Waals surface area contributed by atoms with E-state index in [0.29, 0.717) is 12.8 Å². The van der Waals surface area contributed by atoms with E-state index in [9.17, 15) is 28.1 Å². The van der Waals surface area contributed by atoms with Crippen molar-refractivity contribution >= 4 is 11.6 Å². The summed E-state index contributed by atoms with van der Waals surface area (Å²) in [5.74, 6) is -1.81.